The molecule has 0 atom stereocenters. The number of rotatable bonds is 4. The topological polar surface area (TPSA) is 58.6 Å². The number of carboxylic acid groups (broad SMARTS) is 1. The molecule has 1 saturated heterocycles. The van der Waals surface area contributed by atoms with E-state index >= 15 is 0 Å². The van der Waals surface area contributed by atoms with E-state index in [0.29, 0.717) is 23.3 Å². The summed E-state index contributed by atoms with van der Waals surface area (Å²) < 4.78 is 19.3. The van der Waals surface area contributed by atoms with Gasteiger partial charge in [-0.1, -0.05) is 0 Å². The molecule has 1 aliphatic rings. The van der Waals surface area contributed by atoms with E-state index < -0.39 is 17.4 Å². The highest BCUT2D eigenvalue weighted by atomic mass is 79.9. The van der Waals surface area contributed by atoms with Crippen LogP contribution >= 0.6 is 15.9 Å². The highest BCUT2D eigenvalue weighted by Gasteiger charge is 2.42. The van der Waals surface area contributed by atoms with Crippen LogP contribution in [0.25, 0.3) is 0 Å². The Morgan fingerprint density at radius 3 is 2.82 bits per heavy atom. The summed E-state index contributed by atoms with van der Waals surface area (Å²) in [5, 5.41) is 11.8. The van der Waals surface area contributed by atoms with E-state index in [1.165, 1.54) is 18.2 Å². The lowest BCUT2D eigenvalue weighted by Gasteiger charge is -2.41. The maximum Gasteiger partial charge on any atom is 0.307 e. The number of hydrogen-bond donors (Lipinski definition) is 2. The Balaban J connectivity index is 2.18. The van der Waals surface area contributed by atoms with Crippen molar-refractivity contribution in [3.63, 3.8) is 0 Å². The predicted octanol–water partition coefficient (Wildman–Crippen LogP) is 1.78. The van der Waals surface area contributed by atoms with Crippen LogP contribution in [0.3, 0.4) is 0 Å². The summed E-state index contributed by atoms with van der Waals surface area (Å²) in [6, 6.07) is 4.08. The van der Waals surface area contributed by atoms with Crippen molar-refractivity contribution in [3.8, 4) is 5.75 Å². The molecule has 0 bridgehead atoms. The second-order valence-electron chi connectivity index (χ2n) is 4.03. The third kappa shape index (κ3) is 2.76. The lowest BCUT2D eigenvalue weighted by atomic mass is 9.92. The van der Waals surface area contributed by atoms with E-state index in [9.17, 15) is 9.18 Å². The van der Waals surface area contributed by atoms with Gasteiger partial charge in [0.15, 0.2) is 0 Å². The zero-order valence-corrected chi connectivity index (χ0v) is 10.5. The van der Waals surface area contributed by atoms with Crippen LogP contribution in [0.1, 0.15) is 6.42 Å². The van der Waals surface area contributed by atoms with Crippen molar-refractivity contribution in [2.45, 2.75) is 12.0 Å². The Morgan fingerprint density at radius 1 is 1.59 bits per heavy atom. The summed E-state index contributed by atoms with van der Waals surface area (Å²) >= 11 is 3.24. The van der Waals surface area contributed by atoms with Crippen molar-refractivity contribution in [2.75, 3.05) is 13.1 Å². The molecule has 4 nitrogen and oxygen atoms in total. The largest absolute Gasteiger partial charge is 0.483 e. The van der Waals surface area contributed by atoms with Gasteiger partial charge in [0.2, 0.25) is 0 Å². The van der Waals surface area contributed by atoms with Gasteiger partial charge in [-0.3, -0.25) is 4.79 Å². The average Bonchev–Trinajstić information content (AvgIpc) is 2.19. The van der Waals surface area contributed by atoms with Crippen molar-refractivity contribution >= 4 is 21.9 Å². The third-order valence-electron chi connectivity index (χ3n) is 2.59. The molecule has 1 aliphatic heterocycles. The van der Waals surface area contributed by atoms with Crippen molar-refractivity contribution in [2.24, 2.45) is 0 Å². The first-order valence-electron chi connectivity index (χ1n) is 5.07. The number of hydrogen-bond acceptors (Lipinski definition) is 3. The Morgan fingerprint density at radius 2 is 2.29 bits per heavy atom. The van der Waals surface area contributed by atoms with Crippen LogP contribution in [0, 0.1) is 5.82 Å². The first kappa shape index (κ1) is 12.3. The minimum atomic E-state index is -0.931. The molecule has 0 spiro atoms. The number of halogens is 2. The van der Waals surface area contributed by atoms with Crippen molar-refractivity contribution < 1.29 is 19.0 Å². The van der Waals surface area contributed by atoms with E-state index in [4.69, 9.17) is 9.84 Å². The van der Waals surface area contributed by atoms with E-state index in [-0.39, 0.29) is 6.42 Å². The minimum absolute atomic E-state index is 0.108. The van der Waals surface area contributed by atoms with Gasteiger partial charge in [-0.25, -0.2) is 4.39 Å². The number of carboxylic acids is 1. The Bertz CT molecular complexity index is 448. The normalized spacial score (nSPS) is 17.3. The summed E-state index contributed by atoms with van der Waals surface area (Å²) in [5.41, 5.74) is -0.776. The average molecular weight is 304 g/mol. The van der Waals surface area contributed by atoms with Crippen molar-refractivity contribution in [1.82, 2.24) is 5.32 Å². The Hall–Kier alpha value is -1.14. The van der Waals surface area contributed by atoms with E-state index in [2.05, 4.69) is 21.2 Å². The standard InChI is InChI=1S/C11H11BrFNO3/c12-8-2-1-7(13)3-9(8)17-11(4-10(15)16)5-14-6-11/h1-3,14H,4-6H2,(H,15,16). The molecular formula is C11H11BrFNO3. The van der Waals surface area contributed by atoms with Crippen LogP contribution in [-0.2, 0) is 4.79 Å². The second kappa shape index (κ2) is 4.62. The molecule has 17 heavy (non-hydrogen) atoms. The van der Waals surface area contributed by atoms with Crippen LogP contribution in [0.5, 0.6) is 5.75 Å². The first-order chi connectivity index (χ1) is 8.01. The van der Waals surface area contributed by atoms with E-state index in [1.54, 1.807) is 0 Å². The molecule has 1 heterocycles. The van der Waals surface area contributed by atoms with Gasteiger partial charge in [0.05, 0.1) is 10.9 Å². The molecule has 92 valence electrons. The maximum absolute atomic E-state index is 13.1. The van der Waals surface area contributed by atoms with Gasteiger partial charge in [0, 0.05) is 19.2 Å². The van der Waals surface area contributed by atoms with Crippen LogP contribution in [0.4, 0.5) is 4.39 Å². The van der Waals surface area contributed by atoms with Crippen molar-refractivity contribution in [1.29, 1.82) is 0 Å². The summed E-state index contributed by atoms with van der Waals surface area (Å²) in [4.78, 5) is 10.8. The fourth-order valence-electron chi connectivity index (χ4n) is 1.70. The molecule has 1 aromatic rings. The van der Waals surface area contributed by atoms with E-state index in [1.807, 2.05) is 0 Å². The van der Waals surface area contributed by atoms with Gasteiger partial charge in [-0.15, -0.1) is 0 Å². The summed E-state index contributed by atoms with van der Waals surface area (Å²) in [6.07, 6.45) is -0.108. The molecule has 0 amide bonds. The van der Waals surface area contributed by atoms with Crippen LogP contribution in [0.2, 0.25) is 0 Å². The van der Waals surface area contributed by atoms with Gasteiger partial charge in [0.25, 0.3) is 0 Å². The molecule has 0 unspecified atom stereocenters. The molecule has 0 radical (unpaired) electrons. The summed E-state index contributed by atoms with van der Waals surface area (Å²) in [7, 11) is 0. The lowest BCUT2D eigenvalue weighted by molar-refractivity contribution is -0.143. The highest BCUT2D eigenvalue weighted by Crippen LogP contribution is 2.32. The molecule has 2 rings (SSSR count). The fourth-order valence-corrected chi connectivity index (χ4v) is 2.03. The smallest absolute Gasteiger partial charge is 0.307 e. The predicted molar refractivity (Wildman–Crippen MR) is 62.6 cm³/mol. The molecule has 6 heteroatoms. The summed E-state index contributed by atoms with van der Waals surface area (Å²) in [6.45, 7) is 0.893. The fraction of sp³-hybridized carbons (Fsp3) is 0.364. The number of aliphatic carboxylic acids is 1. The van der Waals surface area contributed by atoms with Gasteiger partial charge < -0.3 is 15.2 Å². The van der Waals surface area contributed by atoms with Crippen molar-refractivity contribution in [3.05, 3.63) is 28.5 Å². The Labute approximate surface area is 106 Å². The SMILES string of the molecule is O=C(O)CC1(Oc2cc(F)ccc2Br)CNC1. The first-order valence-corrected chi connectivity index (χ1v) is 5.87. The zero-order chi connectivity index (χ0) is 12.5. The molecule has 2 N–H and O–H groups in total. The molecule has 0 saturated carbocycles. The molecule has 1 fully saturated rings. The minimum Gasteiger partial charge on any atom is -0.483 e. The number of ether oxygens (including phenoxy) is 1. The van der Waals surface area contributed by atoms with Crippen LogP contribution < -0.4 is 10.1 Å². The van der Waals surface area contributed by atoms with Crippen LogP contribution in [0.15, 0.2) is 22.7 Å². The van der Waals surface area contributed by atoms with Gasteiger partial charge in [0.1, 0.15) is 17.2 Å². The van der Waals surface area contributed by atoms with Crippen LogP contribution in [-0.4, -0.2) is 29.8 Å². The number of carbonyl (C=O) groups is 1. The molecule has 1 aromatic carbocycles. The molecular weight excluding hydrogens is 293 g/mol. The maximum atomic E-state index is 13.1. The Kier molecular flexibility index (Phi) is 3.35. The zero-order valence-electron chi connectivity index (χ0n) is 8.87. The lowest BCUT2D eigenvalue weighted by Crippen LogP contribution is -2.64. The monoisotopic (exact) mass is 303 g/mol. The number of nitrogens with one attached hydrogen (secondary N) is 1. The van der Waals surface area contributed by atoms with E-state index in [0.717, 1.165) is 0 Å². The van der Waals surface area contributed by atoms with Gasteiger partial charge in [-0.2, -0.15) is 0 Å². The number of benzene rings is 1. The van der Waals surface area contributed by atoms with Gasteiger partial charge >= 0.3 is 5.97 Å². The van der Waals surface area contributed by atoms with Gasteiger partial charge in [-0.05, 0) is 28.1 Å². The molecule has 0 aromatic heterocycles. The molecule has 0 aliphatic carbocycles. The third-order valence-corrected chi connectivity index (χ3v) is 3.24. The highest BCUT2D eigenvalue weighted by molar-refractivity contribution is 9.10. The summed E-state index contributed by atoms with van der Waals surface area (Å²) in [5.74, 6) is -1.02. The second-order valence-corrected chi connectivity index (χ2v) is 4.89. The quantitative estimate of drug-likeness (QED) is 0.890.